The maximum atomic E-state index is 4.73. The molecule has 2 aliphatic heterocycles. The van der Waals surface area contributed by atoms with Gasteiger partial charge in [-0.3, -0.25) is 4.90 Å². The number of rotatable bonds is 1. The normalized spacial score (nSPS) is 15.7. The molecule has 1 aromatic heterocycles. The molecule has 0 saturated heterocycles. The lowest BCUT2D eigenvalue weighted by Crippen LogP contribution is -2.34. The Morgan fingerprint density at radius 1 is 0.960 bits per heavy atom. The highest BCUT2D eigenvalue weighted by Crippen LogP contribution is 2.42. The molecule has 0 saturated carbocycles. The van der Waals surface area contributed by atoms with E-state index in [0.29, 0.717) is 0 Å². The molecule has 5 rings (SSSR count). The number of nitrogens with zero attached hydrogens (tertiary/aromatic N) is 5. The van der Waals surface area contributed by atoms with Crippen molar-refractivity contribution in [2.75, 3.05) is 19.0 Å². The van der Waals surface area contributed by atoms with Crippen molar-refractivity contribution in [1.29, 1.82) is 0 Å². The zero-order chi connectivity index (χ0) is 17.1. The number of para-hydroxylation sites is 2. The molecular formula is C20H19N5. The number of hydrogen-bond acceptors (Lipinski definition) is 4. The van der Waals surface area contributed by atoms with Crippen LogP contribution in [0.1, 0.15) is 6.92 Å². The molecule has 5 heteroatoms. The van der Waals surface area contributed by atoms with Crippen molar-refractivity contribution in [2.24, 2.45) is 5.10 Å². The molecular weight excluding hydrogens is 310 g/mol. The van der Waals surface area contributed by atoms with Crippen LogP contribution in [-0.4, -0.2) is 34.6 Å². The molecule has 0 bridgehead atoms. The van der Waals surface area contributed by atoms with E-state index in [2.05, 4.69) is 70.3 Å². The first-order valence-corrected chi connectivity index (χ1v) is 8.39. The first-order chi connectivity index (χ1) is 12.1. The quantitative estimate of drug-likeness (QED) is 0.675. The Labute approximate surface area is 146 Å². The van der Waals surface area contributed by atoms with Crippen LogP contribution in [0.25, 0.3) is 28.4 Å². The number of hydrazine groups is 1. The molecule has 2 aromatic carbocycles. The van der Waals surface area contributed by atoms with Gasteiger partial charge >= 0.3 is 0 Å². The van der Waals surface area contributed by atoms with Gasteiger partial charge in [0.1, 0.15) is 5.84 Å². The number of amidine groups is 1. The van der Waals surface area contributed by atoms with Gasteiger partial charge in [-0.1, -0.05) is 36.4 Å². The minimum Gasteiger partial charge on any atom is -0.312 e. The van der Waals surface area contributed by atoms with E-state index in [1.165, 1.54) is 22.2 Å². The van der Waals surface area contributed by atoms with Crippen LogP contribution in [0.15, 0.2) is 65.5 Å². The summed E-state index contributed by atoms with van der Waals surface area (Å²) in [6.07, 6.45) is 2.18. The molecule has 0 atom stereocenters. The van der Waals surface area contributed by atoms with Crippen LogP contribution >= 0.6 is 0 Å². The van der Waals surface area contributed by atoms with Crippen molar-refractivity contribution < 1.29 is 0 Å². The van der Waals surface area contributed by atoms with Crippen LogP contribution in [0.5, 0.6) is 0 Å². The smallest absolute Gasteiger partial charge is 0.170 e. The second kappa shape index (κ2) is 4.97. The minimum atomic E-state index is 0.961. The Bertz CT molecular complexity index is 1060. The Balaban J connectivity index is 1.89. The van der Waals surface area contributed by atoms with Crippen LogP contribution < -0.4 is 4.90 Å². The summed E-state index contributed by atoms with van der Waals surface area (Å²) in [6, 6.07) is 19.3. The summed E-state index contributed by atoms with van der Waals surface area (Å²) >= 11 is 0. The molecule has 124 valence electrons. The second-order valence-corrected chi connectivity index (χ2v) is 6.58. The Morgan fingerprint density at radius 3 is 2.56 bits per heavy atom. The fraction of sp³-hybridized carbons (Fsp3) is 0.150. The third-order valence-corrected chi connectivity index (χ3v) is 4.79. The third-order valence-electron chi connectivity index (χ3n) is 4.79. The van der Waals surface area contributed by atoms with Gasteiger partial charge in [-0.25, -0.2) is 5.01 Å². The predicted molar refractivity (Wildman–Crippen MR) is 103 cm³/mol. The van der Waals surface area contributed by atoms with Crippen LogP contribution in [-0.2, 0) is 0 Å². The molecule has 3 aromatic rings. The fourth-order valence-electron chi connectivity index (χ4n) is 3.71. The van der Waals surface area contributed by atoms with Gasteiger partial charge in [-0.05, 0) is 25.1 Å². The summed E-state index contributed by atoms with van der Waals surface area (Å²) in [5.74, 6) is 1.98. The van der Waals surface area contributed by atoms with Gasteiger partial charge in [0.25, 0.3) is 0 Å². The summed E-state index contributed by atoms with van der Waals surface area (Å²) in [5, 5.41) is 9.91. The topological polar surface area (TPSA) is 27.0 Å². The second-order valence-electron chi connectivity index (χ2n) is 6.58. The molecule has 2 aliphatic rings. The number of fused-ring (bicyclic) bond motifs is 7. The van der Waals surface area contributed by atoms with Gasteiger partial charge in [0, 0.05) is 25.0 Å². The zero-order valence-corrected chi connectivity index (χ0v) is 14.5. The lowest BCUT2D eigenvalue weighted by atomic mass is 10.1. The van der Waals surface area contributed by atoms with Crippen molar-refractivity contribution in [3.63, 3.8) is 0 Å². The number of hydrazone groups is 1. The lowest BCUT2D eigenvalue weighted by Gasteiger charge is -2.27. The summed E-state index contributed by atoms with van der Waals surface area (Å²) in [4.78, 5) is 2.22. The minimum absolute atomic E-state index is 0.961. The molecule has 0 spiro atoms. The van der Waals surface area contributed by atoms with Crippen LogP contribution in [0.2, 0.25) is 0 Å². The van der Waals surface area contributed by atoms with Crippen molar-refractivity contribution in [3.8, 4) is 11.3 Å². The molecule has 0 aliphatic carbocycles. The average molecular weight is 329 g/mol. The molecule has 0 N–H and O–H groups in total. The molecule has 0 radical (unpaired) electrons. The first kappa shape index (κ1) is 14.3. The molecule has 0 amide bonds. The van der Waals surface area contributed by atoms with E-state index in [-0.39, 0.29) is 0 Å². The van der Waals surface area contributed by atoms with Crippen molar-refractivity contribution in [3.05, 3.63) is 60.4 Å². The average Bonchev–Trinajstić information content (AvgIpc) is 3.09. The largest absolute Gasteiger partial charge is 0.312 e. The molecule has 0 fully saturated rings. The van der Waals surface area contributed by atoms with Crippen molar-refractivity contribution in [1.82, 2.24) is 14.7 Å². The molecule has 5 nitrogen and oxygen atoms in total. The van der Waals surface area contributed by atoms with Gasteiger partial charge in [0.05, 0.1) is 23.1 Å². The summed E-state index contributed by atoms with van der Waals surface area (Å²) < 4.78 is 2.27. The standard InChI is InChI=1S/C20H19N5/c1-14-21-25(22(2)3)20-13-23-17-10-6-4-8-15(17)12-19(23)16-9-5-7-11-18(16)24(14)20/h4-13H,1-3H3. The highest BCUT2D eigenvalue weighted by molar-refractivity contribution is 6.06. The van der Waals surface area contributed by atoms with Crippen LogP contribution in [0.4, 0.5) is 5.69 Å². The number of benzene rings is 2. The van der Waals surface area contributed by atoms with E-state index in [1.54, 1.807) is 0 Å². The van der Waals surface area contributed by atoms with E-state index < -0.39 is 0 Å². The van der Waals surface area contributed by atoms with E-state index in [9.17, 15) is 0 Å². The van der Waals surface area contributed by atoms with E-state index in [0.717, 1.165) is 17.3 Å². The van der Waals surface area contributed by atoms with Crippen molar-refractivity contribution >= 4 is 28.6 Å². The molecule has 0 unspecified atom stereocenters. The summed E-state index contributed by atoms with van der Waals surface area (Å²) in [7, 11) is 4.01. The van der Waals surface area contributed by atoms with E-state index >= 15 is 0 Å². The van der Waals surface area contributed by atoms with E-state index in [1.807, 2.05) is 31.1 Å². The Morgan fingerprint density at radius 2 is 1.72 bits per heavy atom. The van der Waals surface area contributed by atoms with Gasteiger partial charge in [0.15, 0.2) is 5.82 Å². The van der Waals surface area contributed by atoms with Crippen molar-refractivity contribution in [2.45, 2.75) is 6.92 Å². The Hall–Kier alpha value is -3.05. The number of aromatic nitrogens is 1. The monoisotopic (exact) mass is 329 g/mol. The van der Waals surface area contributed by atoms with Crippen LogP contribution in [0.3, 0.4) is 0 Å². The maximum Gasteiger partial charge on any atom is 0.170 e. The highest BCUT2D eigenvalue weighted by Gasteiger charge is 2.33. The van der Waals surface area contributed by atoms with Gasteiger partial charge in [-0.2, -0.15) is 5.12 Å². The molecule has 25 heavy (non-hydrogen) atoms. The zero-order valence-electron chi connectivity index (χ0n) is 14.5. The van der Waals surface area contributed by atoms with Gasteiger partial charge in [-0.15, -0.1) is 5.10 Å². The SMILES string of the molecule is CC1=NN(N(C)C)C2=Cn3c(cc4ccccc43)-c3ccccc3N21. The van der Waals surface area contributed by atoms with Crippen LogP contribution in [0, 0.1) is 0 Å². The van der Waals surface area contributed by atoms with Gasteiger partial charge < -0.3 is 4.57 Å². The maximum absolute atomic E-state index is 4.73. The Kier molecular flexibility index (Phi) is 2.85. The third kappa shape index (κ3) is 1.90. The number of hydrogen-bond donors (Lipinski definition) is 0. The predicted octanol–water partition coefficient (Wildman–Crippen LogP) is 4.01. The fourth-order valence-corrected chi connectivity index (χ4v) is 3.71. The lowest BCUT2D eigenvalue weighted by molar-refractivity contribution is 0.0776. The highest BCUT2D eigenvalue weighted by atomic mass is 15.8. The first-order valence-electron chi connectivity index (χ1n) is 8.39. The number of anilines is 1. The summed E-state index contributed by atoms with van der Waals surface area (Å²) in [5.41, 5.74) is 4.76. The summed E-state index contributed by atoms with van der Waals surface area (Å²) in [6.45, 7) is 2.05. The molecule has 3 heterocycles. The van der Waals surface area contributed by atoms with Gasteiger partial charge in [0.2, 0.25) is 0 Å². The van der Waals surface area contributed by atoms with E-state index in [4.69, 9.17) is 5.10 Å².